The maximum atomic E-state index is 12.6. The summed E-state index contributed by atoms with van der Waals surface area (Å²) < 4.78 is 0. The standard InChI is InChI=1S/C16H27N3O/c1-6-14-9-13(10-15(18-14)17-7-2)16(20)19(8-3)11-12(4)5/h9-10,12H,6-8,11H2,1-5H3,(H,17,18). The number of aromatic nitrogens is 1. The number of nitrogens with one attached hydrogen (secondary N) is 1. The zero-order valence-corrected chi connectivity index (χ0v) is 13.4. The van der Waals surface area contributed by atoms with Crippen LogP contribution in [0.25, 0.3) is 0 Å². The van der Waals surface area contributed by atoms with Crippen molar-refractivity contribution in [1.29, 1.82) is 0 Å². The summed E-state index contributed by atoms with van der Waals surface area (Å²) in [6, 6.07) is 3.76. The van der Waals surface area contributed by atoms with Crippen LogP contribution in [0.1, 0.15) is 50.7 Å². The molecule has 20 heavy (non-hydrogen) atoms. The first-order valence-corrected chi connectivity index (χ1v) is 7.55. The molecule has 0 fully saturated rings. The van der Waals surface area contributed by atoms with Crippen LogP contribution in [0.2, 0.25) is 0 Å². The van der Waals surface area contributed by atoms with Crippen LogP contribution < -0.4 is 5.32 Å². The molecule has 0 aliphatic heterocycles. The van der Waals surface area contributed by atoms with Crippen LogP contribution >= 0.6 is 0 Å². The zero-order chi connectivity index (χ0) is 15.1. The molecular weight excluding hydrogens is 250 g/mol. The van der Waals surface area contributed by atoms with Crippen molar-refractivity contribution >= 4 is 11.7 Å². The minimum atomic E-state index is 0.0949. The highest BCUT2D eigenvalue weighted by Gasteiger charge is 2.16. The van der Waals surface area contributed by atoms with Crippen molar-refractivity contribution < 1.29 is 4.79 Å². The van der Waals surface area contributed by atoms with E-state index in [9.17, 15) is 4.79 Å². The fourth-order valence-corrected chi connectivity index (χ4v) is 2.14. The molecule has 1 heterocycles. The lowest BCUT2D eigenvalue weighted by molar-refractivity contribution is 0.0745. The molecule has 0 atom stereocenters. The summed E-state index contributed by atoms with van der Waals surface area (Å²) in [5.74, 6) is 1.35. The average molecular weight is 277 g/mol. The maximum Gasteiger partial charge on any atom is 0.254 e. The van der Waals surface area contributed by atoms with Crippen LogP contribution in [0.5, 0.6) is 0 Å². The molecule has 1 amide bonds. The van der Waals surface area contributed by atoms with Gasteiger partial charge in [-0.25, -0.2) is 4.98 Å². The topological polar surface area (TPSA) is 45.2 Å². The Morgan fingerprint density at radius 1 is 1.30 bits per heavy atom. The summed E-state index contributed by atoms with van der Waals surface area (Å²) >= 11 is 0. The normalized spacial score (nSPS) is 10.7. The minimum Gasteiger partial charge on any atom is -0.370 e. The van der Waals surface area contributed by atoms with Gasteiger partial charge in [-0.1, -0.05) is 20.8 Å². The van der Waals surface area contributed by atoms with Gasteiger partial charge in [0, 0.05) is 30.9 Å². The number of nitrogens with zero attached hydrogens (tertiary/aromatic N) is 2. The van der Waals surface area contributed by atoms with Gasteiger partial charge < -0.3 is 10.2 Å². The van der Waals surface area contributed by atoms with E-state index in [0.29, 0.717) is 5.92 Å². The molecule has 4 heteroatoms. The van der Waals surface area contributed by atoms with Gasteiger partial charge in [0.15, 0.2) is 0 Å². The van der Waals surface area contributed by atoms with Gasteiger partial charge in [0.05, 0.1) is 0 Å². The van der Waals surface area contributed by atoms with E-state index in [1.54, 1.807) is 0 Å². The molecule has 0 saturated heterocycles. The molecule has 1 N–H and O–H groups in total. The van der Waals surface area contributed by atoms with Gasteiger partial charge in [0.1, 0.15) is 5.82 Å². The summed E-state index contributed by atoms with van der Waals surface area (Å²) in [7, 11) is 0. The lowest BCUT2D eigenvalue weighted by atomic mass is 10.1. The fraction of sp³-hybridized carbons (Fsp3) is 0.625. The first-order valence-electron chi connectivity index (χ1n) is 7.55. The van der Waals surface area contributed by atoms with Crippen LogP contribution in [-0.4, -0.2) is 35.4 Å². The quantitative estimate of drug-likeness (QED) is 0.832. The largest absolute Gasteiger partial charge is 0.370 e. The Labute approximate surface area is 122 Å². The van der Waals surface area contributed by atoms with Crippen LogP contribution in [0, 0.1) is 5.92 Å². The summed E-state index contributed by atoms with van der Waals surface area (Å²) in [5, 5.41) is 3.19. The summed E-state index contributed by atoms with van der Waals surface area (Å²) in [6.45, 7) is 12.7. The van der Waals surface area contributed by atoms with Gasteiger partial charge in [-0.3, -0.25) is 4.79 Å². The molecule has 1 rings (SSSR count). The van der Waals surface area contributed by atoms with Gasteiger partial charge in [-0.2, -0.15) is 0 Å². The Morgan fingerprint density at radius 3 is 2.50 bits per heavy atom. The highest BCUT2D eigenvalue weighted by Crippen LogP contribution is 2.14. The van der Waals surface area contributed by atoms with Crippen LogP contribution in [0.3, 0.4) is 0 Å². The Hall–Kier alpha value is -1.58. The highest BCUT2D eigenvalue weighted by atomic mass is 16.2. The SMILES string of the molecule is CCNc1cc(C(=O)N(CC)CC(C)C)cc(CC)n1. The summed E-state index contributed by atoms with van der Waals surface area (Å²) in [4.78, 5) is 19.0. The number of hydrogen-bond acceptors (Lipinski definition) is 3. The molecule has 4 nitrogen and oxygen atoms in total. The molecule has 1 aromatic rings. The van der Waals surface area contributed by atoms with Crippen molar-refractivity contribution in [2.24, 2.45) is 5.92 Å². The Bertz CT molecular complexity index is 443. The van der Waals surface area contributed by atoms with Crippen LogP contribution in [0.4, 0.5) is 5.82 Å². The van der Waals surface area contributed by atoms with Crippen molar-refractivity contribution in [2.75, 3.05) is 25.0 Å². The Kier molecular flexibility index (Phi) is 6.49. The van der Waals surface area contributed by atoms with E-state index in [1.165, 1.54) is 0 Å². The van der Waals surface area contributed by atoms with Crippen molar-refractivity contribution in [3.63, 3.8) is 0 Å². The first kappa shape index (κ1) is 16.5. The second kappa shape index (κ2) is 7.88. The molecule has 0 spiro atoms. The van der Waals surface area contributed by atoms with E-state index in [0.717, 1.165) is 43.1 Å². The fourth-order valence-electron chi connectivity index (χ4n) is 2.14. The second-order valence-electron chi connectivity index (χ2n) is 5.35. The molecule has 0 unspecified atom stereocenters. The van der Waals surface area contributed by atoms with Crippen molar-refractivity contribution in [3.8, 4) is 0 Å². The van der Waals surface area contributed by atoms with Crippen molar-refractivity contribution in [1.82, 2.24) is 9.88 Å². The number of pyridine rings is 1. The lowest BCUT2D eigenvalue weighted by Crippen LogP contribution is -2.34. The van der Waals surface area contributed by atoms with Gasteiger partial charge in [0.2, 0.25) is 0 Å². The molecular formula is C16H27N3O. The van der Waals surface area contributed by atoms with Gasteiger partial charge in [-0.05, 0) is 38.3 Å². The molecule has 1 aromatic heterocycles. The third-order valence-corrected chi connectivity index (χ3v) is 3.10. The predicted molar refractivity (Wildman–Crippen MR) is 84.2 cm³/mol. The molecule has 0 aromatic carbocycles. The number of hydrogen-bond donors (Lipinski definition) is 1. The van der Waals surface area contributed by atoms with E-state index in [-0.39, 0.29) is 5.91 Å². The molecule has 0 radical (unpaired) electrons. The van der Waals surface area contributed by atoms with Crippen molar-refractivity contribution in [3.05, 3.63) is 23.4 Å². The first-order chi connectivity index (χ1) is 9.51. The molecule has 0 saturated carbocycles. The summed E-state index contributed by atoms with van der Waals surface area (Å²) in [6.07, 6.45) is 0.829. The Morgan fingerprint density at radius 2 is 2.00 bits per heavy atom. The zero-order valence-electron chi connectivity index (χ0n) is 13.4. The molecule has 0 aliphatic rings. The summed E-state index contributed by atoms with van der Waals surface area (Å²) in [5.41, 5.74) is 1.68. The third-order valence-electron chi connectivity index (χ3n) is 3.10. The van der Waals surface area contributed by atoms with Crippen LogP contribution in [-0.2, 0) is 6.42 Å². The van der Waals surface area contributed by atoms with E-state index in [2.05, 4.69) is 31.1 Å². The molecule has 0 bridgehead atoms. The predicted octanol–water partition coefficient (Wildman–Crippen LogP) is 3.19. The van der Waals surface area contributed by atoms with Crippen molar-refractivity contribution in [2.45, 2.75) is 41.0 Å². The second-order valence-corrected chi connectivity index (χ2v) is 5.35. The minimum absolute atomic E-state index is 0.0949. The lowest BCUT2D eigenvalue weighted by Gasteiger charge is -2.23. The maximum absolute atomic E-state index is 12.6. The number of aryl methyl sites for hydroxylation is 1. The third kappa shape index (κ3) is 4.51. The number of amides is 1. The van der Waals surface area contributed by atoms with E-state index < -0.39 is 0 Å². The number of carbonyl (C=O) groups excluding carboxylic acids is 1. The van der Waals surface area contributed by atoms with E-state index in [4.69, 9.17) is 0 Å². The monoisotopic (exact) mass is 277 g/mol. The van der Waals surface area contributed by atoms with Gasteiger partial charge >= 0.3 is 0 Å². The molecule has 0 aliphatic carbocycles. The van der Waals surface area contributed by atoms with E-state index >= 15 is 0 Å². The van der Waals surface area contributed by atoms with Crippen LogP contribution in [0.15, 0.2) is 12.1 Å². The smallest absolute Gasteiger partial charge is 0.254 e. The van der Waals surface area contributed by atoms with E-state index in [1.807, 2.05) is 30.9 Å². The van der Waals surface area contributed by atoms with Gasteiger partial charge in [0.25, 0.3) is 5.91 Å². The Balaban J connectivity index is 3.03. The average Bonchev–Trinajstić information content (AvgIpc) is 2.43. The number of anilines is 1. The number of carbonyl (C=O) groups is 1. The number of rotatable bonds is 7. The van der Waals surface area contributed by atoms with Gasteiger partial charge in [-0.15, -0.1) is 0 Å². The highest BCUT2D eigenvalue weighted by molar-refractivity contribution is 5.95. The molecule has 112 valence electrons.